The van der Waals surface area contributed by atoms with Gasteiger partial charge in [-0.3, -0.25) is 9.59 Å². The number of carbonyl (C=O) groups excluding carboxylic acids is 2. The highest BCUT2D eigenvalue weighted by molar-refractivity contribution is 5.98. The summed E-state index contributed by atoms with van der Waals surface area (Å²) in [7, 11) is 3.01. The highest BCUT2D eigenvalue weighted by Gasteiger charge is 2.28. The number of nitrogens with zero attached hydrogens (tertiary/aromatic N) is 1. The lowest BCUT2D eigenvalue weighted by molar-refractivity contribution is -0.146. The first-order chi connectivity index (χ1) is 11.1. The van der Waals surface area contributed by atoms with Crippen LogP contribution >= 0.6 is 0 Å². The molecule has 23 heavy (non-hydrogen) atoms. The van der Waals surface area contributed by atoms with Gasteiger partial charge in [-0.1, -0.05) is 0 Å². The summed E-state index contributed by atoms with van der Waals surface area (Å²) < 4.78 is 9.97. The van der Waals surface area contributed by atoms with Crippen LogP contribution in [0.3, 0.4) is 0 Å². The summed E-state index contributed by atoms with van der Waals surface area (Å²) in [5, 5.41) is 0.971. The quantitative estimate of drug-likeness (QED) is 0.881. The third kappa shape index (κ3) is 3.02. The van der Waals surface area contributed by atoms with E-state index in [1.165, 1.54) is 7.11 Å². The fourth-order valence-electron chi connectivity index (χ4n) is 3.00. The first kappa shape index (κ1) is 15.4. The van der Waals surface area contributed by atoms with Gasteiger partial charge in [-0.05, 0) is 31.0 Å². The summed E-state index contributed by atoms with van der Waals surface area (Å²) in [6.45, 7) is 1.13. The first-order valence-corrected chi connectivity index (χ1v) is 7.66. The molecular weight excluding hydrogens is 296 g/mol. The smallest absolute Gasteiger partial charge is 0.308 e. The molecule has 0 radical (unpaired) electrons. The van der Waals surface area contributed by atoms with Gasteiger partial charge in [0.05, 0.1) is 20.1 Å². The number of hydrogen-bond acceptors (Lipinski definition) is 4. The molecule has 1 amide bonds. The molecule has 1 saturated heterocycles. The predicted octanol–water partition coefficient (Wildman–Crippen LogP) is 2.20. The van der Waals surface area contributed by atoms with Crippen molar-refractivity contribution in [1.82, 2.24) is 9.88 Å². The van der Waals surface area contributed by atoms with Crippen molar-refractivity contribution < 1.29 is 19.1 Å². The van der Waals surface area contributed by atoms with E-state index in [4.69, 9.17) is 9.47 Å². The van der Waals surface area contributed by atoms with E-state index in [1.807, 2.05) is 24.3 Å². The molecular formula is C17H20N2O4. The molecule has 0 saturated carbocycles. The Kier molecular flexibility index (Phi) is 4.23. The first-order valence-electron chi connectivity index (χ1n) is 7.66. The average Bonchev–Trinajstić information content (AvgIpc) is 3.03. The van der Waals surface area contributed by atoms with Gasteiger partial charge in [0.15, 0.2) is 0 Å². The average molecular weight is 316 g/mol. The lowest BCUT2D eigenvalue weighted by atomic mass is 9.97. The SMILES string of the molecule is COC(=O)C1CCN(C(=O)c2cc3ccc(OC)cc3[nH]2)CC1. The van der Waals surface area contributed by atoms with Crippen LogP contribution in [0.5, 0.6) is 5.75 Å². The zero-order valence-electron chi connectivity index (χ0n) is 13.3. The van der Waals surface area contributed by atoms with Crippen molar-refractivity contribution in [1.29, 1.82) is 0 Å². The van der Waals surface area contributed by atoms with Crippen LogP contribution in [0, 0.1) is 5.92 Å². The fraction of sp³-hybridized carbons (Fsp3) is 0.412. The number of aromatic amines is 1. The van der Waals surface area contributed by atoms with E-state index in [1.54, 1.807) is 12.0 Å². The van der Waals surface area contributed by atoms with Crippen molar-refractivity contribution in [2.45, 2.75) is 12.8 Å². The Morgan fingerprint density at radius 2 is 1.91 bits per heavy atom. The van der Waals surface area contributed by atoms with Crippen molar-refractivity contribution in [2.24, 2.45) is 5.92 Å². The van der Waals surface area contributed by atoms with Crippen LogP contribution in [-0.4, -0.2) is 49.1 Å². The number of H-pyrrole nitrogens is 1. The highest BCUT2D eigenvalue weighted by atomic mass is 16.5. The number of esters is 1. The van der Waals surface area contributed by atoms with E-state index < -0.39 is 0 Å². The number of carbonyl (C=O) groups is 2. The lowest BCUT2D eigenvalue weighted by Crippen LogP contribution is -2.40. The van der Waals surface area contributed by atoms with E-state index in [2.05, 4.69) is 4.98 Å². The van der Waals surface area contributed by atoms with Crippen molar-refractivity contribution in [3.05, 3.63) is 30.0 Å². The fourth-order valence-corrected chi connectivity index (χ4v) is 3.00. The Morgan fingerprint density at radius 3 is 2.57 bits per heavy atom. The zero-order valence-corrected chi connectivity index (χ0v) is 13.3. The number of aromatic nitrogens is 1. The highest BCUT2D eigenvalue weighted by Crippen LogP contribution is 2.24. The van der Waals surface area contributed by atoms with Crippen molar-refractivity contribution in [3.8, 4) is 5.75 Å². The van der Waals surface area contributed by atoms with E-state index in [0.29, 0.717) is 31.6 Å². The Hall–Kier alpha value is -2.50. The molecule has 2 aromatic rings. The number of ether oxygens (including phenoxy) is 2. The van der Waals surface area contributed by atoms with E-state index in [0.717, 1.165) is 16.7 Å². The molecule has 2 heterocycles. The number of rotatable bonds is 3. The Labute approximate surface area is 134 Å². The molecule has 1 aliphatic rings. The lowest BCUT2D eigenvalue weighted by Gasteiger charge is -2.30. The van der Waals surface area contributed by atoms with Crippen molar-refractivity contribution in [3.63, 3.8) is 0 Å². The Balaban J connectivity index is 1.72. The molecule has 1 fully saturated rings. The van der Waals surface area contributed by atoms with E-state index >= 15 is 0 Å². The second-order valence-corrected chi connectivity index (χ2v) is 5.73. The number of fused-ring (bicyclic) bond motifs is 1. The molecule has 0 spiro atoms. The van der Waals surface area contributed by atoms with Gasteiger partial charge >= 0.3 is 5.97 Å². The van der Waals surface area contributed by atoms with Gasteiger partial charge in [0.25, 0.3) is 5.91 Å². The summed E-state index contributed by atoms with van der Waals surface area (Å²) in [4.78, 5) is 29.1. The van der Waals surface area contributed by atoms with Crippen LogP contribution in [0.2, 0.25) is 0 Å². The molecule has 1 N–H and O–H groups in total. The number of nitrogens with one attached hydrogen (secondary N) is 1. The number of methoxy groups -OCH3 is 2. The molecule has 1 aliphatic heterocycles. The molecule has 0 aliphatic carbocycles. The van der Waals surface area contributed by atoms with Gasteiger partial charge in [-0.2, -0.15) is 0 Å². The molecule has 0 bridgehead atoms. The minimum absolute atomic E-state index is 0.0384. The third-order valence-electron chi connectivity index (χ3n) is 4.38. The summed E-state index contributed by atoms with van der Waals surface area (Å²) in [5.41, 5.74) is 1.43. The Bertz CT molecular complexity index is 729. The molecule has 0 atom stereocenters. The van der Waals surface area contributed by atoms with Crippen LogP contribution in [0.15, 0.2) is 24.3 Å². The maximum atomic E-state index is 12.6. The van der Waals surface area contributed by atoms with Crippen molar-refractivity contribution >= 4 is 22.8 Å². The molecule has 1 aromatic carbocycles. The van der Waals surface area contributed by atoms with Crippen LogP contribution in [0.1, 0.15) is 23.3 Å². The summed E-state index contributed by atoms with van der Waals surface area (Å²) >= 11 is 0. The zero-order chi connectivity index (χ0) is 16.4. The monoisotopic (exact) mass is 316 g/mol. The predicted molar refractivity (Wildman–Crippen MR) is 85.5 cm³/mol. The number of likely N-dealkylation sites (tertiary alicyclic amines) is 1. The molecule has 122 valence electrons. The maximum absolute atomic E-state index is 12.6. The summed E-state index contributed by atoms with van der Waals surface area (Å²) in [5.74, 6) is 0.423. The topological polar surface area (TPSA) is 71.6 Å². The molecule has 6 heteroatoms. The van der Waals surface area contributed by atoms with Crippen LogP contribution in [0.25, 0.3) is 10.9 Å². The van der Waals surface area contributed by atoms with Gasteiger partial charge in [-0.15, -0.1) is 0 Å². The van der Waals surface area contributed by atoms with Crippen LogP contribution < -0.4 is 4.74 Å². The molecule has 3 rings (SSSR count). The number of piperidine rings is 1. The minimum atomic E-state index is -0.185. The Morgan fingerprint density at radius 1 is 1.17 bits per heavy atom. The number of benzene rings is 1. The van der Waals surface area contributed by atoms with Gasteiger partial charge in [0.1, 0.15) is 11.4 Å². The second-order valence-electron chi connectivity index (χ2n) is 5.73. The molecule has 0 unspecified atom stereocenters. The third-order valence-corrected chi connectivity index (χ3v) is 4.38. The molecule has 1 aromatic heterocycles. The standard InChI is InChI=1S/C17H20N2O4/c1-22-13-4-3-12-9-15(18-14(12)10-13)16(20)19-7-5-11(6-8-19)17(21)23-2/h3-4,9-11,18H,5-8H2,1-2H3. The van der Waals surface area contributed by atoms with Gasteiger partial charge in [0, 0.05) is 30.1 Å². The van der Waals surface area contributed by atoms with Crippen molar-refractivity contribution in [2.75, 3.05) is 27.3 Å². The van der Waals surface area contributed by atoms with Crippen LogP contribution in [-0.2, 0) is 9.53 Å². The van der Waals surface area contributed by atoms with Gasteiger partial charge < -0.3 is 19.4 Å². The largest absolute Gasteiger partial charge is 0.497 e. The van der Waals surface area contributed by atoms with Crippen LogP contribution in [0.4, 0.5) is 0 Å². The van der Waals surface area contributed by atoms with E-state index in [-0.39, 0.29) is 17.8 Å². The van der Waals surface area contributed by atoms with Gasteiger partial charge in [-0.25, -0.2) is 0 Å². The normalized spacial score (nSPS) is 15.7. The number of amides is 1. The summed E-state index contributed by atoms with van der Waals surface area (Å²) in [6, 6.07) is 7.51. The minimum Gasteiger partial charge on any atom is -0.497 e. The van der Waals surface area contributed by atoms with Gasteiger partial charge in [0.2, 0.25) is 0 Å². The number of hydrogen-bond donors (Lipinski definition) is 1. The second kappa shape index (κ2) is 6.32. The summed E-state index contributed by atoms with van der Waals surface area (Å²) in [6.07, 6.45) is 1.29. The van der Waals surface area contributed by atoms with E-state index in [9.17, 15) is 9.59 Å². The maximum Gasteiger partial charge on any atom is 0.308 e. The molecule has 6 nitrogen and oxygen atoms in total.